The first kappa shape index (κ1) is 19.5. The van der Waals surface area contributed by atoms with Crippen LogP contribution in [0.3, 0.4) is 0 Å². The fourth-order valence-electron chi connectivity index (χ4n) is 3.76. The molecule has 0 N–H and O–H groups in total. The van der Waals surface area contributed by atoms with E-state index in [1.54, 1.807) is 12.1 Å². The Balaban J connectivity index is 1.69. The van der Waals surface area contributed by atoms with E-state index in [2.05, 4.69) is 21.0 Å². The second-order valence-corrected chi connectivity index (χ2v) is 9.02. The molecule has 0 amide bonds. The van der Waals surface area contributed by atoms with Gasteiger partial charge in [0.05, 0.1) is 5.69 Å². The van der Waals surface area contributed by atoms with Gasteiger partial charge in [0.1, 0.15) is 0 Å². The normalized spacial score (nSPS) is 17.5. The van der Waals surface area contributed by atoms with Gasteiger partial charge in [0.25, 0.3) is 0 Å². The molecule has 0 fully saturated rings. The van der Waals surface area contributed by atoms with Gasteiger partial charge in [-0.25, -0.2) is 5.01 Å². The molecule has 1 aliphatic carbocycles. The lowest BCUT2D eigenvalue weighted by molar-refractivity contribution is -0.0554. The Morgan fingerprint density at radius 3 is 1.73 bits per heavy atom. The van der Waals surface area contributed by atoms with Crippen LogP contribution in [-0.4, -0.2) is 16.1 Å². The number of benzene rings is 3. The summed E-state index contributed by atoms with van der Waals surface area (Å²) in [5.74, 6) is 0. The molecule has 150 valence electrons. The Morgan fingerprint density at radius 1 is 0.767 bits per heavy atom. The zero-order chi connectivity index (χ0) is 20.9. The summed E-state index contributed by atoms with van der Waals surface area (Å²) >= 11 is 4.15. The molecule has 30 heavy (non-hydrogen) atoms. The number of alkyl halides is 3. The molecule has 0 radical (unpaired) electrons. The van der Waals surface area contributed by atoms with Gasteiger partial charge in [-0.05, 0) is 35.4 Å². The molecule has 2 nitrogen and oxygen atoms in total. The molecular weight excluding hydrogens is 473 g/mol. The second kappa shape index (κ2) is 7.03. The van der Waals surface area contributed by atoms with E-state index in [0.29, 0.717) is 5.69 Å². The number of hydrogen-bond donors (Lipinski definition) is 0. The van der Waals surface area contributed by atoms with Crippen LogP contribution in [0, 0.1) is 0 Å². The van der Waals surface area contributed by atoms with Gasteiger partial charge in [-0.2, -0.15) is 18.3 Å². The molecule has 1 aliphatic heterocycles. The van der Waals surface area contributed by atoms with Gasteiger partial charge in [-0.3, -0.25) is 0 Å². The number of hydrogen-bond acceptors (Lipinski definition) is 3. The second-order valence-electron chi connectivity index (χ2n) is 6.92. The molecule has 1 spiro atoms. The van der Waals surface area contributed by atoms with Gasteiger partial charge in [0.2, 0.25) is 5.04 Å². The number of rotatable bonds is 3. The van der Waals surface area contributed by atoms with Crippen molar-refractivity contribution in [2.45, 2.75) is 11.0 Å². The summed E-state index contributed by atoms with van der Waals surface area (Å²) in [5.41, 5.74) is 4.09. The largest absolute Gasteiger partial charge is 0.441 e. The zero-order valence-corrected chi connectivity index (χ0v) is 17.8. The lowest BCUT2D eigenvalue weighted by Crippen LogP contribution is -2.30. The lowest BCUT2D eigenvalue weighted by atomic mass is 10.1. The fraction of sp³-hybridized carbons (Fsp3) is 0.0870. The Hall–Kier alpha value is -2.51. The highest BCUT2D eigenvalue weighted by Crippen LogP contribution is 2.69. The summed E-state index contributed by atoms with van der Waals surface area (Å²) in [6.07, 6.45) is -4.52. The molecule has 0 saturated heterocycles. The number of hydrazone groups is 1. The smallest absolute Gasteiger partial charge is 0.239 e. The van der Waals surface area contributed by atoms with Crippen molar-refractivity contribution in [1.82, 2.24) is 0 Å². The van der Waals surface area contributed by atoms with Crippen molar-refractivity contribution in [3.8, 4) is 0 Å². The number of halogens is 4. The van der Waals surface area contributed by atoms with Crippen LogP contribution in [0.1, 0.15) is 11.1 Å². The fourth-order valence-corrected chi connectivity index (χ4v) is 5.37. The van der Waals surface area contributed by atoms with Gasteiger partial charge >= 0.3 is 6.18 Å². The summed E-state index contributed by atoms with van der Waals surface area (Å²) in [7, 11) is 0. The summed E-state index contributed by atoms with van der Waals surface area (Å²) in [4.78, 5) is -1.03. The Kier molecular flexibility index (Phi) is 4.56. The standard InChI is InChI=1S/C23H14BrF3N2S/c24-17-11-13-18(14-12-17)29-22(30-21(28-29)23(25,26)27)19(15-7-3-1-4-8-15)20(22)16-9-5-2-6-10-16/h1-14H. The average molecular weight is 487 g/mol. The highest BCUT2D eigenvalue weighted by Gasteiger charge is 2.66. The third-order valence-electron chi connectivity index (χ3n) is 5.04. The molecule has 3 aromatic carbocycles. The molecule has 0 aromatic heterocycles. The van der Waals surface area contributed by atoms with Crippen molar-refractivity contribution in [3.05, 3.63) is 101 Å². The van der Waals surface area contributed by atoms with Gasteiger partial charge in [-0.15, -0.1) is 0 Å². The Labute approximate surface area is 184 Å². The minimum absolute atomic E-state index is 0.601. The van der Waals surface area contributed by atoms with Crippen LogP contribution < -0.4 is 5.01 Å². The highest BCUT2D eigenvalue weighted by molar-refractivity contribution is 9.10. The van der Waals surface area contributed by atoms with E-state index >= 15 is 0 Å². The van der Waals surface area contributed by atoms with Gasteiger partial charge in [0, 0.05) is 15.6 Å². The molecule has 7 heteroatoms. The van der Waals surface area contributed by atoms with Gasteiger partial charge in [-0.1, -0.05) is 88.4 Å². The molecule has 0 unspecified atom stereocenters. The Bertz CT molecular complexity index is 1110. The monoisotopic (exact) mass is 486 g/mol. The third-order valence-corrected chi connectivity index (χ3v) is 6.95. The van der Waals surface area contributed by atoms with Gasteiger partial charge in [0.15, 0.2) is 4.87 Å². The predicted molar refractivity (Wildman–Crippen MR) is 120 cm³/mol. The first-order valence-electron chi connectivity index (χ1n) is 9.18. The van der Waals surface area contributed by atoms with Crippen LogP contribution >= 0.6 is 27.7 Å². The summed E-state index contributed by atoms with van der Waals surface area (Å²) in [5, 5.41) is 4.73. The topological polar surface area (TPSA) is 15.6 Å². The van der Waals surface area contributed by atoms with Gasteiger partial charge < -0.3 is 0 Å². The number of thioether (sulfide) groups is 1. The molecule has 1 heterocycles. The first-order chi connectivity index (χ1) is 14.4. The predicted octanol–water partition coefficient (Wildman–Crippen LogP) is 7.20. The minimum atomic E-state index is -4.52. The summed E-state index contributed by atoms with van der Waals surface area (Å²) in [6, 6.07) is 26.3. The van der Waals surface area contributed by atoms with E-state index in [4.69, 9.17) is 0 Å². The zero-order valence-electron chi connectivity index (χ0n) is 15.4. The molecule has 2 aliphatic rings. The minimum Gasteiger partial charge on any atom is -0.239 e. The van der Waals surface area contributed by atoms with E-state index in [-0.39, 0.29) is 0 Å². The van der Waals surface area contributed by atoms with Crippen molar-refractivity contribution >= 4 is 49.6 Å². The van der Waals surface area contributed by atoms with E-state index in [1.165, 1.54) is 5.01 Å². The van der Waals surface area contributed by atoms with Crippen molar-refractivity contribution in [3.63, 3.8) is 0 Å². The molecular formula is C23H14BrF3N2S. The summed E-state index contributed by atoms with van der Waals surface area (Å²) < 4.78 is 42.1. The number of nitrogens with zero attached hydrogens (tertiary/aromatic N) is 2. The van der Waals surface area contributed by atoms with Crippen LogP contribution in [0.25, 0.3) is 11.1 Å². The van der Waals surface area contributed by atoms with E-state index in [9.17, 15) is 13.2 Å². The number of anilines is 1. The van der Waals surface area contributed by atoms with E-state index in [0.717, 1.165) is 38.5 Å². The summed E-state index contributed by atoms with van der Waals surface area (Å²) in [6.45, 7) is 0. The molecule has 5 rings (SSSR count). The first-order valence-corrected chi connectivity index (χ1v) is 10.8. The third kappa shape index (κ3) is 3.08. The van der Waals surface area contributed by atoms with Crippen LogP contribution in [0.15, 0.2) is 94.5 Å². The molecule has 0 atom stereocenters. The molecule has 0 saturated carbocycles. The Morgan fingerprint density at radius 2 is 1.27 bits per heavy atom. The molecule has 0 bridgehead atoms. The van der Waals surface area contributed by atoms with Crippen LogP contribution in [0.2, 0.25) is 0 Å². The van der Waals surface area contributed by atoms with E-state index in [1.807, 2.05) is 72.8 Å². The maximum atomic E-state index is 13.7. The van der Waals surface area contributed by atoms with Crippen molar-refractivity contribution < 1.29 is 13.2 Å². The van der Waals surface area contributed by atoms with Crippen LogP contribution in [0.4, 0.5) is 18.9 Å². The van der Waals surface area contributed by atoms with E-state index < -0.39 is 16.1 Å². The maximum absolute atomic E-state index is 13.7. The lowest BCUT2D eigenvalue weighted by Gasteiger charge is -2.26. The maximum Gasteiger partial charge on any atom is 0.441 e. The van der Waals surface area contributed by atoms with Crippen LogP contribution in [-0.2, 0) is 0 Å². The van der Waals surface area contributed by atoms with Crippen molar-refractivity contribution in [1.29, 1.82) is 0 Å². The quantitative estimate of drug-likeness (QED) is 0.388. The van der Waals surface area contributed by atoms with Crippen LogP contribution in [0.5, 0.6) is 0 Å². The van der Waals surface area contributed by atoms with Crippen molar-refractivity contribution in [2.75, 3.05) is 5.01 Å². The highest BCUT2D eigenvalue weighted by atomic mass is 79.9. The van der Waals surface area contributed by atoms with Crippen molar-refractivity contribution in [2.24, 2.45) is 5.10 Å². The molecule has 3 aromatic rings. The average Bonchev–Trinajstić information content (AvgIpc) is 3.23. The SMILES string of the molecule is FC(F)(F)C1=NN(c2ccc(Br)cc2)C2(S1)C(c1ccccc1)=C2c1ccccc1.